The molecule has 0 saturated heterocycles. The predicted molar refractivity (Wildman–Crippen MR) is 78.0 cm³/mol. The molecule has 1 aromatic heterocycles. The lowest BCUT2D eigenvalue weighted by Gasteiger charge is -2.10. The Bertz CT molecular complexity index is 743. The SMILES string of the molecule is COc1ccc2cc([C@H](O)c3ccc(C)o3)ccc2c1. The van der Waals surface area contributed by atoms with Crippen molar-refractivity contribution < 1.29 is 14.3 Å². The third kappa shape index (κ3) is 2.28. The molecule has 20 heavy (non-hydrogen) atoms. The molecule has 2 aromatic carbocycles. The van der Waals surface area contributed by atoms with Crippen molar-refractivity contribution in [1.82, 2.24) is 0 Å². The summed E-state index contributed by atoms with van der Waals surface area (Å²) < 4.78 is 10.7. The maximum absolute atomic E-state index is 10.3. The van der Waals surface area contributed by atoms with E-state index >= 15 is 0 Å². The molecule has 0 aliphatic heterocycles. The Morgan fingerprint density at radius 3 is 2.45 bits per heavy atom. The number of hydrogen-bond donors (Lipinski definition) is 1. The zero-order valence-electron chi connectivity index (χ0n) is 11.5. The van der Waals surface area contributed by atoms with Gasteiger partial charge in [0.05, 0.1) is 7.11 Å². The normalized spacial score (nSPS) is 12.6. The van der Waals surface area contributed by atoms with Crippen molar-refractivity contribution in [3.63, 3.8) is 0 Å². The molecule has 0 spiro atoms. The van der Waals surface area contributed by atoms with E-state index in [2.05, 4.69) is 0 Å². The highest BCUT2D eigenvalue weighted by Crippen LogP contribution is 2.28. The highest BCUT2D eigenvalue weighted by Gasteiger charge is 2.14. The first-order valence-corrected chi connectivity index (χ1v) is 6.49. The van der Waals surface area contributed by atoms with Crippen molar-refractivity contribution in [2.45, 2.75) is 13.0 Å². The first kappa shape index (κ1) is 12.8. The van der Waals surface area contributed by atoms with Crippen LogP contribution >= 0.6 is 0 Å². The van der Waals surface area contributed by atoms with Crippen LogP contribution in [0.5, 0.6) is 5.75 Å². The number of ether oxygens (including phenoxy) is 1. The Hall–Kier alpha value is -2.26. The summed E-state index contributed by atoms with van der Waals surface area (Å²) in [5, 5.41) is 12.5. The van der Waals surface area contributed by atoms with Crippen molar-refractivity contribution in [3.8, 4) is 5.75 Å². The second kappa shape index (κ2) is 5.02. The number of methoxy groups -OCH3 is 1. The highest BCUT2D eigenvalue weighted by molar-refractivity contribution is 5.84. The third-order valence-corrected chi connectivity index (χ3v) is 3.42. The molecular formula is C17H16O3. The van der Waals surface area contributed by atoms with Crippen LogP contribution in [0.4, 0.5) is 0 Å². The van der Waals surface area contributed by atoms with Crippen LogP contribution in [-0.4, -0.2) is 12.2 Å². The Morgan fingerprint density at radius 1 is 1.00 bits per heavy atom. The van der Waals surface area contributed by atoms with E-state index in [1.54, 1.807) is 13.2 Å². The molecule has 0 aliphatic rings. The number of hydrogen-bond acceptors (Lipinski definition) is 3. The van der Waals surface area contributed by atoms with E-state index in [1.807, 2.05) is 49.4 Å². The Kier molecular flexibility index (Phi) is 3.20. The monoisotopic (exact) mass is 268 g/mol. The fourth-order valence-electron chi connectivity index (χ4n) is 2.30. The van der Waals surface area contributed by atoms with Crippen LogP contribution in [-0.2, 0) is 0 Å². The van der Waals surface area contributed by atoms with Gasteiger partial charge in [0.15, 0.2) is 0 Å². The van der Waals surface area contributed by atoms with E-state index in [-0.39, 0.29) is 0 Å². The Balaban J connectivity index is 2.00. The molecule has 3 nitrogen and oxygen atoms in total. The van der Waals surface area contributed by atoms with E-state index in [0.29, 0.717) is 5.76 Å². The first-order valence-electron chi connectivity index (χ1n) is 6.49. The summed E-state index contributed by atoms with van der Waals surface area (Å²) in [5.74, 6) is 2.19. The Labute approximate surface area is 117 Å². The highest BCUT2D eigenvalue weighted by atomic mass is 16.5. The van der Waals surface area contributed by atoms with Crippen LogP contribution in [0.3, 0.4) is 0 Å². The van der Waals surface area contributed by atoms with Gasteiger partial charge in [-0.05, 0) is 53.6 Å². The minimum atomic E-state index is -0.741. The van der Waals surface area contributed by atoms with E-state index < -0.39 is 6.10 Å². The number of benzene rings is 2. The summed E-state index contributed by atoms with van der Waals surface area (Å²) in [6.07, 6.45) is -0.741. The molecule has 0 saturated carbocycles. The second-order valence-corrected chi connectivity index (χ2v) is 4.82. The molecule has 0 amide bonds. The second-order valence-electron chi connectivity index (χ2n) is 4.82. The van der Waals surface area contributed by atoms with Crippen molar-refractivity contribution in [2.75, 3.05) is 7.11 Å². The number of aliphatic hydroxyl groups excluding tert-OH is 1. The van der Waals surface area contributed by atoms with Crippen LogP contribution < -0.4 is 4.74 Å². The lowest BCUT2D eigenvalue weighted by molar-refractivity contribution is 0.188. The van der Waals surface area contributed by atoms with Crippen molar-refractivity contribution in [1.29, 1.82) is 0 Å². The van der Waals surface area contributed by atoms with Gasteiger partial charge >= 0.3 is 0 Å². The standard InChI is InChI=1S/C17H16O3/c1-11-3-8-16(20-11)17(18)14-5-4-13-10-15(19-2)7-6-12(13)9-14/h3-10,17-18H,1-2H3/t17-/m0/s1. The van der Waals surface area contributed by atoms with Gasteiger partial charge in [0.1, 0.15) is 23.4 Å². The summed E-state index contributed by atoms with van der Waals surface area (Å²) in [7, 11) is 1.65. The molecule has 1 N–H and O–H groups in total. The molecule has 1 atom stereocenters. The van der Waals surface area contributed by atoms with Gasteiger partial charge in [-0.15, -0.1) is 0 Å². The number of rotatable bonds is 3. The van der Waals surface area contributed by atoms with Gasteiger partial charge in [0.25, 0.3) is 0 Å². The molecule has 0 radical (unpaired) electrons. The summed E-state index contributed by atoms with van der Waals surface area (Å²) in [6.45, 7) is 1.86. The zero-order valence-corrected chi connectivity index (χ0v) is 11.5. The minimum absolute atomic E-state index is 0.565. The lowest BCUT2D eigenvalue weighted by Crippen LogP contribution is -1.97. The maximum atomic E-state index is 10.3. The quantitative estimate of drug-likeness (QED) is 0.785. The molecule has 3 heteroatoms. The van der Waals surface area contributed by atoms with Gasteiger partial charge in [-0.25, -0.2) is 0 Å². The van der Waals surface area contributed by atoms with Gasteiger partial charge in [-0.2, -0.15) is 0 Å². The minimum Gasteiger partial charge on any atom is -0.497 e. The largest absolute Gasteiger partial charge is 0.497 e. The van der Waals surface area contributed by atoms with E-state index in [1.165, 1.54) is 0 Å². The predicted octanol–water partition coefficient (Wildman–Crippen LogP) is 3.83. The molecule has 3 rings (SSSR count). The van der Waals surface area contributed by atoms with Gasteiger partial charge in [0.2, 0.25) is 0 Å². The fourth-order valence-corrected chi connectivity index (χ4v) is 2.30. The summed E-state index contributed by atoms with van der Waals surface area (Å²) in [4.78, 5) is 0. The lowest BCUT2D eigenvalue weighted by atomic mass is 10.0. The first-order chi connectivity index (χ1) is 9.67. The van der Waals surface area contributed by atoms with E-state index in [4.69, 9.17) is 9.15 Å². The van der Waals surface area contributed by atoms with Crippen LogP contribution in [0.2, 0.25) is 0 Å². The smallest absolute Gasteiger partial charge is 0.137 e. The molecule has 102 valence electrons. The van der Waals surface area contributed by atoms with Crippen molar-refractivity contribution in [2.24, 2.45) is 0 Å². The number of furan rings is 1. The molecule has 0 bridgehead atoms. The topological polar surface area (TPSA) is 42.6 Å². The van der Waals surface area contributed by atoms with Crippen molar-refractivity contribution in [3.05, 3.63) is 65.6 Å². The average molecular weight is 268 g/mol. The van der Waals surface area contributed by atoms with Gasteiger partial charge in [0, 0.05) is 0 Å². The average Bonchev–Trinajstić information content (AvgIpc) is 2.92. The molecule has 0 aliphatic carbocycles. The van der Waals surface area contributed by atoms with Gasteiger partial charge in [-0.3, -0.25) is 0 Å². The fraction of sp³-hybridized carbons (Fsp3) is 0.176. The van der Waals surface area contributed by atoms with E-state index in [0.717, 1.165) is 27.8 Å². The summed E-state index contributed by atoms with van der Waals surface area (Å²) in [6, 6.07) is 15.4. The number of aliphatic hydroxyl groups is 1. The number of aryl methyl sites for hydroxylation is 1. The number of fused-ring (bicyclic) bond motifs is 1. The van der Waals surface area contributed by atoms with Crippen molar-refractivity contribution >= 4 is 10.8 Å². The third-order valence-electron chi connectivity index (χ3n) is 3.42. The maximum Gasteiger partial charge on any atom is 0.137 e. The Morgan fingerprint density at radius 2 is 1.75 bits per heavy atom. The van der Waals surface area contributed by atoms with Crippen LogP contribution in [0.1, 0.15) is 23.2 Å². The summed E-state index contributed by atoms with van der Waals surface area (Å²) >= 11 is 0. The molecular weight excluding hydrogens is 252 g/mol. The molecule has 1 heterocycles. The van der Waals surface area contributed by atoms with Gasteiger partial charge < -0.3 is 14.3 Å². The van der Waals surface area contributed by atoms with Crippen LogP contribution in [0.15, 0.2) is 52.9 Å². The zero-order chi connectivity index (χ0) is 14.1. The molecule has 0 fully saturated rings. The van der Waals surface area contributed by atoms with Gasteiger partial charge in [-0.1, -0.05) is 18.2 Å². The molecule has 0 unspecified atom stereocenters. The van der Waals surface area contributed by atoms with Crippen LogP contribution in [0, 0.1) is 6.92 Å². The summed E-state index contributed by atoms with van der Waals surface area (Å²) in [5.41, 5.74) is 0.817. The van der Waals surface area contributed by atoms with E-state index in [9.17, 15) is 5.11 Å². The van der Waals surface area contributed by atoms with Crippen LogP contribution in [0.25, 0.3) is 10.8 Å². The molecule has 3 aromatic rings.